The van der Waals surface area contributed by atoms with Gasteiger partial charge < -0.3 is 16.0 Å². The van der Waals surface area contributed by atoms with E-state index in [2.05, 4.69) is 15.3 Å². The standard InChI is InChI=1S/C20H16N4O/c21-14-8-9-17-16(11-14)18(13-5-2-1-3-6-13)19(24-17)20(25)23-15-7-4-10-22-12-15/h1-12,24H,21H2,(H,23,25). The summed E-state index contributed by atoms with van der Waals surface area (Å²) in [7, 11) is 0. The minimum Gasteiger partial charge on any atom is -0.399 e. The lowest BCUT2D eigenvalue weighted by Crippen LogP contribution is -2.13. The second-order valence-corrected chi connectivity index (χ2v) is 5.74. The average molecular weight is 328 g/mol. The molecular formula is C20H16N4O. The number of benzene rings is 2. The maximum atomic E-state index is 12.9. The van der Waals surface area contributed by atoms with Gasteiger partial charge in [0.05, 0.1) is 11.9 Å². The lowest BCUT2D eigenvalue weighted by Gasteiger charge is -2.07. The van der Waals surface area contributed by atoms with Crippen molar-refractivity contribution in [2.45, 2.75) is 0 Å². The minimum atomic E-state index is -0.221. The van der Waals surface area contributed by atoms with Crippen LogP contribution in [0.1, 0.15) is 10.5 Å². The van der Waals surface area contributed by atoms with E-state index >= 15 is 0 Å². The lowest BCUT2D eigenvalue weighted by atomic mass is 10.0. The van der Waals surface area contributed by atoms with Crippen LogP contribution in [0.4, 0.5) is 11.4 Å². The summed E-state index contributed by atoms with van der Waals surface area (Å²) in [4.78, 5) is 20.1. The molecule has 0 unspecified atom stereocenters. The molecule has 122 valence electrons. The zero-order valence-electron chi connectivity index (χ0n) is 13.4. The molecule has 5 heteroatoms. The van der Waals surface area contributed by atoms with Crippen molar-refractivity contribution in [2.75, 3.05) is 11.1 Å². The number of anilines is 2. The molecule has 0 spiro atoms. The number of nitrogens with two attached hydrogens (primary N) is 1. The van der Waals surface area contributed by atoms with Crippen LogP contribution in [-0.2, 0) is 0 Å². The van der Waals surface area contributed by atoms with E-state index in [9.17, 15) is 4.79 Å². The summed E-state index contributed by atoms with van der Waals surface area (Å²) in [5.74, 6) is -0.221. The van der Waals surface area contributed by atoms with Crippen molar-refractivity contribution in [3.63, 3.8) is 0 Å². The first-order valence-electron chi connectivity index (χ1n) is 7.90. The second kappa shape index (κ2) is 6.13. The Morgan fingerprint density at radius 3 is 2.64 bits per heavy atom. The Morgan fingerprint density at radius 1 is 1.04 bits per heavy atom. The van der Waals surface area contributed by atoms with Gasteiger partial charge in [-0.15, -0.1) is 0 Å². The van der Waals surface area contributed by atoms with Crippen molar-refractivity contribution in [1.82, 2.24) is 9.97 Å². The average Bonchev–Trinajstić information content (AvgIpc) is 3.02. The van der Waals surface area contributed by atoms with Crippen LogP contribution in [0.2, 0.25) is 0 Å². The molecule has 0 aliphatic heterocycles. The number of aromatic amines is 1. The maximum absolute atomic E-state index is 12.9. The van der Waals surface area contributed by atoms with E-state index in [4.69, 9.17) is 5.73 Å². The third-order valence-corrected chi connectivity index (χ3v) is 4.03. The van der Waals surface area contributed by atoms with E-state index < -0.39 is 0 Å². The van der Waals surface area contributed by atoms with Crippen LogP contribution in [0.15, 0.2) is 73.1 Å². The van der Waals surface area contributed by atoms with Crippen LogP contribution in [0.25, 0.3) is 22.0 Å². The number of hydrogen-bond donors (Lipinski definition) is 3. The van der Waals surface area contributed by atoms with Gasteiger partial charge in [-0.05, 0) is 35.9 Å². The molecule has 2 aromatic heterocycles. The highest BCUT2D eigenvalue weighted by Crippen LogP contribution is 2.34. The zero-order valence-corrected chi connectivity index (χ0v) is 13.4. The molecule has 5 nitrogen and oxygen atoms in total. The fourth-order valence-electron chi connectivity index (χ4n) is 2.91. The Morgan fingerprint density at radius 2 is 1.88 bits per heavy atom. The molecule has 0 saturated carbocycles. The number of H-pyrrole nitrogens is 1. The van der Waals surface area contributed by atoms with Crippen LogP contribution in [0.5, 0.6) is 0 Å². The van der Waals surface area contributed by atoms with Crippen LogP contribution in [-0.4, -0.2) is 15.9 Å². The SMILES string of the molecule is Nc1ccc2[nH]c(C(=O)Nc3cccnc3)c(-c3ccccc3)c2c1. The van der Waals surface area contributed by atoms with Crippen molar-refractivity contribution in [1.29, 1.82) is 0 Å². The third kappa shape index (κ3) is 2.83. The van der Waals surface area contributed by atoms with E-state index in [0.29, 0.717) is 17.1 Å². The van der Waals surface area contributed by atoms with Gasteiger partial charge in [0.15, 0.2) is 0 Å². The summed E-state index contributed by atoms with van der Waals surface area (Å²) in [5, 5.41) is 3.80. The fourth-order valence-corrected chi connectivity index (χ4v) is 2.91. The first-order valence-corrected chi connectivity index (χ1v) is 7.90. The fraction of sp³-hybridized carbons (Fsp3) is 0. The highest BCUT2D eigenvalue weighted by atomic mass is 16.1. The Hall–Kier alpha value is -3.60. The van der Waals surface area contributed by atoms with Gasteiger partial charge in [0.25, 0.3) is 5.91 Å². The summed E-state index contributed by atoms with van der Waals surface area (Å²) < 4.78 is 0. The van der Waals surface area contributed by atoms with Crippen molar-refractivity contribution < 1.29 is 4.79 Å². The molecule has 0 aliphatic rings. The highest BCUT2D eigenvalue weighted by molar-refractivity contribution is 6.14. The second-order valence-electron chi connectivity index (χ2n) is 5.74. The third-order valence-electron chi connectivity index (χ3n) is 4.03. The molecule has 4 N–H and O–H groups in total. The number of hydrogen-bond acceptors (Lipinski definition) is 3. The largest absolute Gasteiger partial charge is 0.399 e. The number of carbonyl (C=O) groups is 1. The van der Waals surface area contributed by atoms with Crippen LogP contribution in [0, 0.1) is 0 Å². The van der Waals surface area contributed by atoms with Crippen LogP contribution < -0.4 is 11.1 Å². The van der Waals surface area contributed by atoms with Gasteiger partial charge in [0.1, 0.15) is 5.69 Å². The summed E-state index contributed by atoms with van der Waals surface area (Å²) in [6.45, 7) is 0. The van der Waals surface area contributed by atoms with Gasteiger partial charge in [0.2, 0.25) is 0 Å². The summed E-state index contributed by atoms with van der Waals surface area (Å²) in [5.41, 5.74) is 10.4. The predicted molar refractivity (Wildman–Crippen MR) is 100 cm³/mol. The van der Waals surface area contributed by atoms with Crippen molar-refractivity contribution in [2.24, 2.45) is 0 Å². The van der Waals surface area contributed by atoms with Gasteiger partial charge in [-0.3, -0.25) is 9.78 Å². The topological polar surface area (TPSA) is 83.8 Å². The molecular weight excluding hydrogens is 312 g/mol. The van der Waals surface area contributed by atoms with E-state index in [1.54, 1.807) is 24.5 Å². The predicted octanol–water partition coefficient (Wildman–Crippen LogP) is 4.06. The molecule has 0 atom stereocenters. The Kier molecular flexibility index (Phi) is 3.67. The molecule has 4 rings (SSSR count). The Balaban J connectivity index is 1.87. The summed E-state index contributed by atoms with van der Waals surface area (Å²) >= 11 is 0. The van der Waals surface area contributed by atoms with Crippen molar-refractivity contribution >= 4 is 28.2 Å². The molecule has 0 bridgehead atoms. The number of fused-ring (bicyclic) bond motifs is 1. The zero-order chi connectivity index (χ0) is 17.2. The number of nitrogen functional groups attached to an aromatic ring is 1. The number of aromatic nitrogens is 2. The first-order chi connectivity index (χ1) is 12.2. The molecule has 0 aliphatic carbocycles. The van der Waals surface area contributed by atoms with E-state index in [1.165, 1.54) is 0 Å². The number of pyridine rings is 1. The normalized spacial score (nSPS) is 10.7. The number of amides is 1. The van der Waals surface area contributed by atoms with Crippen molar-refractivity contribution in [3.8, 4) is 11.1 Å². The number of nitrogens with zero attached hydrogens (tertiary/aromatic N) is 1. The van der Waals surface area contributed by atoms with Crippen LogP contribution >= 0.6 is 0 Å². The lowest BCUT2D eigenvalue weighted by molar-refractivity contribution is 0.102. The summed E-state index contributed by atoms with van der Waals surface area (Å²) in [6, 6.07) is 19.0. The van der Waals surface area contributed by atoms with Crippen LogP contribution in [0.3, 0.4) is 0 Å². The van der Waals surface area contributed by atoms with Crippen molar-refractivity contribution in [3.05, 3.63) is 78.8 Å². The van der Waals surface area contributed by atoms with Gasteiger partial charge >= 0.3 is 0 Å². The maximum Gasteiger partial charge on any atom is 0.272 e. The van der Waals surface area contributed by atoms with E-state index in [1.807, 2.05) is 48.5 Å². The molecule has 4 aromatic rings. The van der Waals surface area contributed by atoms with Gasteiger partial charge in [0, 0.05) is 28.4 Å². The quantitative estimate of drug-likeness (QED) is 0.496. The van der Waals surface area contributed by atoms with Gasteiger partial charge in [-0.1, -0.05) is 30.3 Å². The Bertz CT molecular complexity index is 1040. The van der Waals surface area contributed by atoms with E-state index in [0.717, 1.165) is 22.0 Å². The number of carbonyl (C=O) groups excluding carboxylic acids is 1. The molecule has 0 fully saturated rings. The van der Waals surface area contributed by atoms with Gasteiger partial charge in [-0.2, -0.15) is 0 Å². The molecule has 2 aromatic carbocycles. The number of nitrogens with one attached hydrogen (secondary N) is 2. The molecule has 25 heavy (non-hydrogen) atoms. The first kappa shape index (κ1) is 15.0. The smallest absolute Gasteiger partial charge is 0.272 e. The molecule has 2 heterocycles. The minimum absolute atomic E-state index is 0.221. The monoisotopic (exact) mass is 328 g/mol. The molecule has 0 saturated heterocycles. The molecule has 0 radical (unpaired) electrons. The van der Waals surface area contributed by atoms with E-state index in [-0.39, 0.29) is 5.91 Å². The number of rotatable bonds is 3. The summed E-state index contributed by atoms with van der Waals surface area (Å²) in [6.07, 6.45) is 3.28. The Labute approximate surface area is 144 Å². The molecule has 1 amide bonds. The highest BCUT2D eigenvalue weighted by Gasteiger charge is 2.19. The van der Waals surface area contributed by atoms with Gasteiger partial charge in [-0.25, -0.2) is 0 Å².